The monoisotopic (exact) mass is 155 g/mol. The molecule has 0 fully saturated rings. The predicted molar refractivity (Wildman–Crippen MR) is 47.6 cm³/mol. The third-order valence-corrected chi connectivity index (χ3v) is 1.15. The number of anilines is 1. The summed E-state index contributed by atoms with van der Waals surface area (Å²) < 4.78 is 9.50. The van der Waals surface area contributed by atoms with Crippen molar-refractivity contribution in [1.29, 1.82) is 0 Å². The molecule has 0 spiro atoms. The lowest BCUT2D eigenvalue weighted by Gasteiger charge is -1.99. The Labute approximate surface area is 67.2 Å². The number of para-hydroxylation sites is 1. The Kier molecular flexibility index (Phi) is 6.39. The molecule has 0 aliphatic carbocycles. The second-order valence-electron chi connectivity index (χ2n) is 1.90. The maximum atomic E-state index is 9.50. The van der Waals surface area contributed by atoms with Crippen LogP contribution in [0.1, 0.15) is 6.92 Å². The first-order valence-corrected chi connectivity index (χ1v) is 3.60. The summed E-state index contributed by atoms with van der Waals surface area (Å²) in [5.41, 5.74) is 1.19. The van der Waals surface area contributed by atoms with Crippen molar-refractivity contribution in [1.82, 2.24) is 0 Å². The Balaban J connectivity index is 0.000000461. The van der Waals surface area contributed by atoms with Crippen LogP contribution in [0.25, 0.3) is 0 Å². The lowest BCUT2D eigenvalue weighted by Crippen LogP contribution is -1.94. The fraction of sp³-hybridized carbons (Fsp3) is 0.333. The van der Waals surface area contributed by atoms with Gasteiger partial charge in [-0.25, -0.2) is 0 Å². The molecule has 0 aliphatic heterocycles. The highest BCUT2D eigenvalue weighted by atomic mass is 19.1. The van der Waals surface area contributed by atoms with Crippen LogP contribution < -0.4 is 5.32 Å². The quantitative estimate of drug-likeness (QED) is 0.692. The first kappa shape index (κ1) is 9.95. The Morgan fingerprint density at radius 1 is 1.18 bits per heavy atom. The molecule has 0 aromatic heterocycles. The van der Waals surface area contributed by atoms with Gasteiger partial charge in [0.15, 0.2) is 0 Å². The van der Waals surface area contributed by atoms with Gasteiger partial charge in [0, 0.05) is 12.2 Å². The van der Waals surface area contributed by atoms with E-state index in [9.17, 15) is 4.39 Å². The van der Waals surface area contributed by atoms with Crippen molar-refractivity contribution in [2.24, 2.45) is 0 Å². The van der Waals surface area contributed by atoms with Gasteiger partial charge in [-0.2, -0.15) is 0 Å². The molecule has 62 valence electrons. The van der Waals surface area contributed by atoms with Crippen LogP contribution in [-0.2, 0) is 0 Å². The van der Waals surface area contributed by atoms with Gasteiger partial charge in [-0.1, -0.05) is 18.2 Å². The van der Waals surface area contributed by atoms with Gasteiger partial charge >= 0.3 is 0 Å². The van der Waals surface area contributed by atoms with Crippen LogP contribution in [0.3, 0.4) is 0 Å². The van der Waals surface area contributed by atoms with Crippen LogP contribution in [0.4, 0.5) is 10.1 Å². The Morgan fingerprint density at radius 2 is 1.73 bits per heavy atom. The number of alkyl halides is 1. The molecule has 1 aromatic carbocycles. The van der Waals surface area contributed by atoms with Gasteiger partial charge in [0.05, 0.1) is 7.18 Å². The fourth-order valence-corrected chi connectivity index (χ4v) is 0.760. The SMILES string of the molecule is CCNc1ccccc1.CF. The van der Waals surface area contributed by atoms with Gasteiger partial charge in [0.25, 0.3) is 0 Å². The van der Waals surface area contributed by atoms with Crippen molar-refractivity contribution in [2.45, 2.75) is 6.92 Å². The zero-order chi connectivity index (χ0) is 8.53. The van der Waals surface area contributed by atoms with E-state index in [2.05, 4.69) is 24.4 Å². The second-order valence-corrected chi connectivity index (χ2v) is 1.90. The molecule has 2 heteroatoms. The Morgan fingerprint density at radius 3 is 2.18 bits per heavy atom. The highest BCUT2D eigenvalue weighted by Gasteiger charge is 1.81. The minimum absolute atomic E-state index is 0.500. The molecule has 1 nitrogen and oxygen atoms in total. The summed E-state index contributed by atoms with van der Waals surface area (Å²) in [6.07, 6.45) is 0. The summed E-state index contributed by atoms with van der Waals surface area (Å²) in [5, 5.41) is 3.21. The number of nitrogens with one attached hydrogen (secondary N) is 1. The Bertz CT molecular complexity index is 162. The molecule has 0 atom stereocenters. The van der Waals surface area contributed by atoms with E-state index in [0.29, 0.717) is 7.18 Å². The summed E-state index contributed by atoms with van der Waals surface area (Å²) in [7, 11) is 0.500. The largest absolute Gasteiger partial charge is 0.385 e. The van der Waals surface area contributed by atoms with E-state index in [0.717, 1.165) is 6.54 Å². The maximum absolute atomic E-state index is 9.50. The number of rotatable bonds is 2. The molecule has 0 saturated carbocycles. The van der Waals surface area contributed by atoms with E-state index in [4.69, 9.17) is 0 Å². The number of hydrogen-bond acceptors (Lipinski definition) is 1. The van der Waals surface area contributed by atoms with Crippen molar-refractivity contribution in [3.05, 3.63) is 30.3 Å². The summed E-state index contributed by atoms with van der Waals surface area (Å²) in [6.45, 7) is 3.08. The minimum atomic E-state index is 0.500. The van der Waals surface area contributed by atoms with E-state index in [1.165, 1.54) is 5.69 Å². The van der Waals surface area contributed by atoms with Crippen LogP contribution in [0.5, 0.6) is 0 Å². The molecule has 11 heavy (non-hydrogen) atoms. The molecule has 0 aliphatic rings. The number of halogens is 1. The van der Waals surface area contributed by atoms with Gasteiger partial charge in [-0.15, -0.1) is 0 Å². The molecule has 1 rings (SSSR count). The molecule has 0 saturated heterocycles. The molecule has 0 heterocycles. The molecule has 1 aromatic rings. The molecular formula is C9H14FN. The van der Waals surface area contributed by atoms with Crippen molar-refractivity contribution in [3.8, 4) is 0 Å². The molecule has 1 N–H and O–H groups in total. The van der Waals surface area contributed by atoms with Crippen molar-refractivity contribution in [3.63, 3.8) is 0 Å². The highest BCUT2D eigenvalue weighted by Crippen LogP contribution is 2.02. The zero-order valence-electron chi connectivity index (χ0n) is 6.97. The first-order chi connectivity index (χ1) is 5.43. The van der Waals surface area contributed by atoms with Crippen molar-refractivity contribution >= 4 is 5.69 Å². The second kappa shape index (κ2) is 7.06. The van der Waals surface area contributed by atoms with E-state index in [1.807, 2.05) is 18.2 Å². The average Bonchev–Trinajstić information content (AvgIpc) is 2.11. The minimum Gasteiger partial charge on any atom is -0.385 e. The van der Waals surface area contributed by atoms with Gasteiger partial charge < -0.3 is 5.32 Å². The van der Waals surface area contributed by atoms with Crippen LogP contribution >= 0.6 is 0 Å². The van der Waals surface area contributed by atoms with Crippen molar-refractivity contribution < 1.29 is 4.39 Å². The lowest BCUT2D eigenvalue weighted by atomic mass is 10.3. The first-order valence-electron chi connectivity index (χ1n) is 3.60. The molecular weight excluding hydrogens is 141 g/mol. The normalized spacial score (nSPS) is 7.91. The smallest absolute Gasteiger partial charge is 0.0785 e. The average molecular weight is 155 g/mol. The van der Waals surface area contributed by atoms with Crippen molar-refractivity contribution in [2.75, 3.05) is 19.0 Å². The predicted octanol–water partition coefficient (Wildman–Crippen LogP) is 2.70. The third kappa shape index (κ3) is 4.37. The maximum Gasteiger partial charge on any atom is 0.0785 e. The Hall–Kier alpha value is -1.05. The van der Waals surface area contributed by atoms with Crippen LogP contribution in [-0.4, -0.2) is 13.7 Å². The van der Waals surface area contributed by atoms with Gasteiger partial charge in [-0.3, -0.25) is 4.39 Å². The topological polar surface area (TPSA) is 12.0 Å². The van der Waals surface area contributed by atoms with E-state index < -0.39 is 0 Å². The number of hydrogen-bond donors (Lipinski definition) is 1. The molecule has 0 unspecified atom stereocenters. The van der Waals surface area contributed by atoms with E-state index in [-0.39, 0.29) is 0 Å². The summed E-state index contributed by atoms with van der Waals surface area (Å²) >= 11 is 0. The van der Waals surface area contributed by atoms with Gasteiger partial charge in [0.2, 0.25) is 0 Å². The zero-order valence-corrected chi connectivity index (χ0v) is 6.97. The molecule has 0 amide bonds. The summed E-state index contributed by atoms with van der Waals surface area (Å²) in [6, 6.07) is 10.2. The van der Waals surface area contributed by atoms with Gasteiger partial charge in [0.1, 0.15) is 0 Å². The molecule has 0 bridgehead atoms. The standard InChI is InChI=1S/C8H11N.CH3F/c1-2-9-8-6-4-3-5-7-8;1-2/h3-7,9H,2H2,1H3;1H3. The molecule has 0 radical (unpaired) electrons. The van der Waals surface area contributed by atoms with Crippen LogP contribution in [0, 0.1) is 0 Å². The van der Waals surface area contributed by atoms with E-state index >= 15 is 0 Å². The fourth-order valence-electron chi connectivity index (χ4n) is 0.760. The lowest BCUT2D eigenvalue weighted by molar-refractivity contribution is 0.636. The van der Waals surface area contributed by atoms with Crippen LogP contribution in [0.15, 0.2) is 30.3 Å². The van der Waals surface area contributed by atoms with Crippen LogP contribution in [0.2, 0.25) is 0 Å². The highest BCUT2D eigenvalue weighted by molar-refractivity contribution is 5.41. The summed E-state index contributed by atoms with van der Waals surface area (Å²) in [5.74, 6) is 0. The third-order valence-electron chi connectivity index (χ3n) is 1.15. The van der Waals surface area contributed by atoms with Gasteiger partial charge in [-0.05, 0) is 19.1 Å². The number of benzene rings is 1. The summed E-state index contributed by atoms with van der Waals surface area (Å²) in [4.78, 5) is 0. The van der Waals surface area contributed by atoms with E-state index in [1.54, 1.807) is 0 Å².